The number of nitrogens with one attached hydrogen (secondary N) is 1. The summed E-state index contributed by atoms with van der Waals surface area (Å²) in [6.45, 7) is 11.8. The van der Waals surface area contributed by atoms with E-state index in [0.717, 1.165) is 6.54 Å². The average Bonchev–Trinajstić information content (AvgIpc) is 2.62. The highest BCUT2D eigenvalue weighted by Crippen LogP contribution is 2.33. The molecule has 0 amide bonds. The van der Waals surface area contributed by atoms with E-state index in [4.69, 9.17) is 0 Å². The molecule has 2 rings (SSSR count). The van der Waals surface area contributed by atoms with Gasteiger partial charge in [0.05, 0.1) is 0 Å². The largest absolute Gasteiger partial charge is 0.384 e. The fourth-order valence-electron chi connectivity index (χ4n) is 1.74. The molecule has 2 aliphatic rings. The van der Waals surface area contributed by atoms with E-state index in [2.05, 4.69) is 44.3 Å². The highest BCUT2D eigenvalue weighted by atomic mass is 14.9. The number of hydrogen-bond donors (Lipinski definition) is 1. The maximum absolute atomic E-state index is 3.42. The van der Waals surface area contributed by atoms with E-state index in [9.17, 15) is 0 Å². The van der Waals surface area contributed by atoms with Gasteiger partial charge < -0.3 is 5.32 Å². The van der Waals surface area contributed by atoms with Crippen LogP contribution in [-0.4, -0.2) is 6.54 Å². The summed E-state index contributed by atoms with van der Waals surface area (Å²) in [5, 5.41) is 3.42. The second-order valence-corrected chi connectivity index (χ2v) is 4.50. The van der Waals surface area contributed by atoms with Crippen molar-refractivity contribution in [2.45, 2.75) is 41.0 Å². The molecule has 0 atom stereocenters. The molecule has 0 aromatic rings. The van der Waals surface area contributed by atoms with Gasteiger partial charge in [0.25, 0.3) is 0 Å². The van der Waals surface area contributed by atoms with E-state index in [-0.39, 0.29) is 5.41 Å². The number of hydrogen-bond acceptors (Lipinski definition) is 1. The molecule has 0 saturated heterocycles. The van der Waals surface area contributed by atoms with Gasteiger partial charge in [-0.3, -0.25) is 0 Å². The molecule has 1 nitrogen and oxygen atoms in total. The second kappa shape index (κ2) is 4.69. The molecule has 0 aromatic carbocycles. The second-order valence-electron chi connectivity index (χ2n) is 4.50. The minimum absolute atomic E-state index is 0.214. The Bertz CT molecular complexity index is 316. The molecule has 84 valence electrons. The van der Waals surface area contributed by atoms with Gasteiger partial charge in [-0.05, 0) is 25.0 Å². The summed E-state index contributed by atoms with van der Waals surface area (Å²) in [6, 6.07) is 0. The van der Waals surface area contributed by atoms with E-state index >= 15 is 0 Å². The number of rotatable bonds is 0. The zero-order valence-corrected chi connectivity index (χ0v) is 10.6. The molecule has 0 bridgehead atoms. The van der Waals surface area contributed by atoms with Gasteiger partial charge in [0.2, 0.25) is 0 Å². The van der Waals surface area contributed by atoms with Crippen LogP contribution in [0.1, 0.15) is 41.0 Å². The molecule has 1 aliphatic heterocycles. The first kappa shape index (κ1) is 12.1. The molecule has 1 N–H and O–H groups in total. The highest BCUT2D eigenvalue weighted by molar-refractivity contribution is 5.42. The lowest BCUT2D eigenvalue weighted by atomic mass is 9.85. The van der Waals surface area contributed by atoms with Gasteiger partial charge in [-0.1, -0.05) is 45.4 Å². The Balaban J connectivity index is 0.000000531. The fourth-order valence-corrected chi connectivity index (χ4v) is 1.74. The van der Waals surface area contributed by atoms with Gasteiger partial charge in [0.15, 0.2) is 0 Å². The van der Waals surface area contributed by atoms with Crippen LogP contribution in [0, 0.1) is 5.41 Å². The van der Waals surface area contributed by atoms with Gasteiger partial charge in [0.1, 0.15) is 0 Å². The zero-order valence-electron chi connectivity index (χ0n) is 10.6. The van der Waals surface area contributed by atoms with Gasteiger partial charge in [-0.15, -0.1) is 0 Å². The smallest absolute Gasteiger partial charge is 0.0373 e. The first-order chi connectivity index (χ1) is 7.09. The third-order valence-corrected chi connectivity index (χ3v) is 3.13. The Morgan fingerprint density at radius 2 is 1.93 bits per heavy atom. The van der Waals surface area contributed by atoms with Gasteiger partial charge in [-0.2, -0.15) is 0 Å². The molecule has 0 saturated carbocycles. The third-order valence-electron chi connectivity index (χ3n) is 3.13. The van der Waals surface area contributed by atoms with Crippen molar-refractivity contribution in [3.8, 4) is 0 Å². The molecule has 0 fully saturated rings. The van der Waals surface area contributed by atoms with Crippen molar-refractivity contribution in [1.82, 2.24) is 5.32 Å². The van der Waals surface area contributed by atoms with Crippen LogP contribution in [0.5, 0.6) is 0 Å². The lowest BCUT2D eigenvalue weighted by Gasteiger charge is -2.20. The third kappa shape index (κ3) is 2.53. The summed E-state index contributed by atoms with van der Waals surface area (Å²) < 4.78 is 0. The first-order valence-electron chi connectivity index (χ1n) is 5.95. The SMILES string of the molecule is CC.CC1=CC2=C(C=CC1(C)C)CCN2. The number of allylic oxidation sites excluding steroid dienone is 4. The molecular formula is C14H23N. The molecule has 1 heterocycles. The van der Waals surface area contributed by atoms with E-state index in [0.29, 0.717) is 0 Å². The first-order valence-corrected chi connectivity index (χ1v) is 5.95. The van der Waals surface area contributed by atoms with Crippen molar-refractivity contribution in [2.24, 2.45) is 5.41 Å². The van der Waals surface area contributed by atoms with E-state index in [1.165, 1.54) is 23.3 Å². The molecule has 15 heavy (non-hydrogen) atoms. The van der Waals surface area contributed by atoms with Crippen molar-refractivity contribution >= 4 is 0 Å². The molecule has 1 aliphatic carbocycles. The molecule has 1 heteroatoms. The lowest BCUT2D eigenvalue weighted by Crippen LogP contribution is -2.11. The highest BCUT2D eigenvalue weighted by Gasteiger charge is 2.21. The fraction of sp³-hybridized carbons (Fsp3) is 0.571. The lowest BCUT2D eigenvalue weighted by molar-refractivity contribution is 0.579. The maximum Gasteiger partial charge on any atom is 0.0373 e. The summed E-state index contributed by atoms with van der Waals surface area (Å²) in [6.07, 6.45) is 8.06. The van der Waals surface area contributed by atoms with Gasteiger partial charge in [-0.25, -0.2) is 0 Å². The van der Waals surface area contributed by atoms with Crippen molar-refractivity contribution in [2.75, 3.05) is 6.54 Å². The van der Waals surface area contributed by atoms with Crippen LogP contribution in [0.3, 0.4) is 0 Å². The van der Waals surface area contributed by atoms with Crippen molar-refractivity contribution in [1.29, 1.82) is 0 Å². The van der Waals surface area contributed by atoms with E-state index in [1.54, 1.807) is 0 Å². The molecule has 0 aromatic heterocycles. The summed E-state index contributed by atoms with van der Waals surface area (Å²) in [7, 11) is 0. The molecule has 0 unspecified atom stereocenters. The Morgan fingerprint density at radius 1 is 1.27 bits per heavy atom. The quantitative estimate of drug-likeness (QED) is 0.634. The minimum Gasteiger partial charge on any atom is -0.384 e. The average molecular weight is 205 g/mol. The standard InChI is InChI=1S/C12H17N.C2H6/c1-9-8-11-10(5-7-13-11)4-6-12(9,2)3;1-2/h4,6,8,13H,5,7H2,1-3H3;1-2H3. The van der Waals surface area contributed by atoms with Crippen LogP contribution < -0.4 is 5.32 Å². The summed E-state index contributed by atoms with van der Waals surface area (Å²) in [5.74, 6) is 0. The van der Waals surface area contributed by atoms with Crippen molar-refractivity contribution < 1.29 is 0 Å². The maximum atomic E-state index is 3.42. The van der Waals surface area contributed by atoms with E-state index < -0.39 is 0 Å². The van der Waals surface area contributed by atoms with Crippen LogP contribution >= 0.6 is 0 Å². The summed E-state index contributed by atoms with van der Waals surface area (Å²) >= 11 is 0. The van der Waals surface area contributed by atoms with E-state index in [1.807, 2.05) is 13.8 Å². The van der Waals surface area contributed by atoms with Crippen LogP contribution in [0.4, 0.5) is 0 Å². The van der Waals surface area contributed by atoms with Crippen LogP contribution in [0.15, 0.2) is 35.1 Å². The Labute approximate surface area is 94.0 Å². The Hall–Kier alpha value is -0.980. The molecule has 0 spiro atoms. The summed E-state index contributed by atoms with van der Waals surface area (Å²) in [5.41, 5.74) is 4.44. The Kier molecular flexibility index (Phi) is 3.78. The van der Waals surface area contributed by atoms with Crippen molar-refractivity contribution in [3.63, 3.8) is 0 Å². The molecule has 0 radical (unpaired) electrons. The normalized spacial score (nSPS) is 22.1. The predicted molar refractivity (Wildman–Crippen MR) is 67.7 cm³/mol. The molecular weight excluding hydrogens is 182 g/mol. The summed E-state index contributed by atoms with van der Waals surface area (Å²) in [4.78, 5) is 0. The topological polar surface area (TPSA) is 12.0 Å². The van der Waals surface area contributed by atoms with Gasteiger partial charge in [0, 0.05) is 17.7 Å². The van der Waals surface area contributed by atoms with Crippen LogP contribution in [0.2, 0.25) is 0 Å². The zero-order chi connectivity index (χ0) is 11.5. The Morgan fingerprint density at radius 3 is 2.60 bits per heavy atom. The van der Waals surface area contributed by atoms with Crippen LogP contribution in [0.25, 0.3) is 0 Å². The van der Waals surface area contributed by atoms with Gasteiger partial charge >= 0.3 is 0 Å². The monoisotopic (exact) mass is 205 g/mol. The van der Waals surface area contributed by atoms with Crippen molar-refractivity contribution in [3.05, 3.63) is 35.1 Å². The minimum atomic E-state index is 0.214. The van der Waals surface area contributed by atoms with Crippen LogP contribution in [-0.2, 0) is 0 Å². The predicted octanol–water partition coefficient (Wildman–Crippen LogP) is 3.80.